The first-order valence-corrected chi connectivity index (χ1v) is 8.24. The van der Waals surface area contributed by atoms with E-state index in [-0.39, 0.29) is 18.2 Å². The normalized spacial score (nSPS) is 12.4. The summed E-state index contributed by atoms with van der Waals surface area (Å²) in [4.78, 5) is 25.0. The fraction of sp³-hybridized carbons (Fsp3) is 0.625. The molecule has 1 heterocycles. The summed E-state index contributed by atoms with van der Waals surface area (Å²) < 4.78 is 0. The van der Waals surface area contributed by atoms with Crippen LogP contribution in [0.4, 0.5) is 0 Å². The standard InChI is InChI=1S/C16H25NO3S/c1-5-13-11(4)7-14(21-13)16(20)17-9-12(6-10(2)3)8-15(18)19/h7,10,12H,5-6,8-9H2,1-4H3,(H,17,20)(H,18,19). The number of carboxylic acids is 1. The highest BCUT2D eigenvalue weighted by atomic mass is 32.1. The van der Waals surface area contributed by atoms with E-state index in [1.165, 1.54) is 16.2 Å². The molecule has 1 rings (SSSR count). The Hall–Kier alpha value is -1.36. The zero-order valence-corrected chi connectivity index (χ0v) is 14.0. The maximum atomic E-state index is 12.2. The van der Waals surface area contributed by atoms with Gasteiger partial charge in [-0.05, 0) is 43.2 Å². The maximum absolute atomic E-state index is 12.2. The molecule has 1 aromatic rings. The molecule has 0 aliphatic heterocycles. The fourth-order valence-electron chi connectivity index (χ4n) is 2.46. The molecule has 0 aliphatic rings. The van der Waals surface area contributed by atoms with Gasteiger partial charge in [0.15, 0.2) is 0 Å². The first-order chi connectivity index (χ1) is 9.83. The molecule has 118 valence electrons. The smallest absolute Gasteiger partial charge is 0.303 e. The lowest BCUT2D eigenvalue weighted by Crippen LogP contribution is -2.30. The number of carboxylic acid groups (broad SMARTS) is 1. The molecule has 0 spiro atoms. The quantitative estimate of drug-likeness (QED) is 0.772. The van der Waals surface area contributed by atoms with E-state index in [4.69, 9.17) is 5.11 Å². The van der Waals surface area contributed by atoms with Gasteiger partial charge in [-0.25, -0.2) is 0 Å². The van der Waals surface area contributed by atoms with Crippen molar-refractivity contribution in [2.24, 2.45) is 11.8 Å². The van der Waals surface area contributed by atoms with Crippen molar-refractivity contribution < 1.29 is 14.7 Å². The first-order valence-electron chi connectivity index (χ1n) is 7.42. The van der Waals surface area contributed by atoms with E-state index in [1.807, 2.05) is 13.0 Å². The Morgan fingerprint density at radius 3 is 2.52 bits per heavy atom. The average molecular weight is 311 g/mol. The van der Waals surface area contributed by atoms with Crippen LogP contribution in [0.15, 0.2) is 6.07 Å². The number of carbonyl (C=O) groups excluding carboxylic acids is 1. The van der Waals surface area contributed by atoms with E-state index in [0.717, 1.165) is 18.4 Å². The van der Waals surface area contributed by atoms with E-state index >= 15 is 0 Å². The third-order valence-corrected chi connectivity index (χ3v) is 4.77. The molecule has 5 heteroatoms. The van der Waals surface area contributed by atoms with Gasteiger partial charge in [-0.3, -0.25) is 9.59 Å². The predicted octanol–water partition coefficient (Wildman–Crippen LogP) is 3.49. The SMILES string of the molecule is CCc1sc(C(=O)NCC(CC(=O)O)CC(C)C)cc1C. The third kappa shape index (κ3) is 5.87. The van der Waals surface area contributed by atoms with E-state index in [9.17, 15) is 9.59 Å². The summed E-state index contributed by atoms with van der Waals surface area (Å²) in [7, 11) is 0. The van der Waals surface area contributed by atoms with Crippen LogP contribution in [-0.2, 0) is 11.2 Å². The molecule has 0 saturated heterocycles. The molecule has 1 unspecified atom stereocenters. The van der Waals surface area contributed by atoms with Crippen LogP contribution >= 0.6 is 11.3 Å². The van der Waals surface area contributed by atoms with Gasteiger partial charge in [0.1, 0.15) is 0 Å². The topological polar surface area (TPSA) is 66.4 Å². The summed E-state index contributed by atoms with van der Waals surface area (Å²) in [6.07, 6.45) is 1.83. The monoisotopic (exact) mass is 311 g/mol. The molecule has 0 bridgehead atoms. The second-order valence-electron chi connectivity index (χ2n) is 5.87. The second-order valence-corrected chi connectivity index (χ2v) is 7.01. The highest BCUT2D eigenvalue weighted by molar-refractivity contribution is 7.14. The zero-order chi connectivity index (χ0) is 16.0. The van der Waals surface area contributed by atoms with Crippen molar-refractivity contribution in [3.63, 3.8) is 0 Å². The van der Waals surface area contributed by atoms with Gasteiger partial charge >= 0.3 is 5.97 Å². The van der Waals surface area contributed by atoms with Crippen molar-refractivity contribution in [3.05, 3.63) is 21.4 Å². The Labute approximate surface area is 130 Å². The van der Waals surface area contributed by atoms with E-state index in [1.54, 1.807) is 0 Å². The lowest BCUT2D eigenvalue weighted by molar-refractivity contribution is -0.138. The molecule has 0 saturated carbocycles. The van der Waals surface area contributed by atoms with Crippen LogP contribution in [-0.4, -0.2) is 23.5 Å². The average Bonchev–Trinajstić information content (AvgIpc) is 2.75. The molecule has 4 nitrogen and oxygen atoms in total. The van der Waals surface area contributed by atoms with Gasteiger partial charge in [0.2, 0.25) is 0 Å². The summed E-state index contributed by atoms with van der Waals surface area (Å²) in [5, 5.41) is 11.8. The number of hydrogen-bond acceptors (Lipinski definition) is 3. The molecule has 0 aromatic carbocycles. The Morgan fingerprint density at radius 2 is 2.05 bits per heavy atom. The minimum Gasteiger partial charge on any atom is -0.481 e. The Balaban J connectivity index is 2.61. The van der Waals surface area contributed by atoms with Crippen molar-refractivity contribution >= 4 is 23.2 Å². The summed E-state index contributed by atoms with van der Waals surface area (Å²) in [6, 6.07) is 1.91. The van der Waals surface area contributed by atoms with Gasteiger partial charge in [-0.2, -0.15) is 0 Å². The Kier molecular flexibility index (Phi) is 6.89. The number of rotatable bonds is 8. The van der Waals surface area contributed by atoms with Crippen molar-refractivity contribution in [1.82, 2.24) is 5.32 Å². The number of thiophene rings is 1. The van der Waals surface area contributed by atoms with Crippen LogP contribution in [0.2, 0.25) is 0 Å². The number of hydrogen-bond donors (Lipinski definition) is 2. The number of amides is 1. The van der Waals surface area contributed by atoms with Crippen LogP contribution in [0.5, 0.6) is 0 Å². The lowest BCUT2D eigenvalue weighted by Gasteiger charge is -2.17. The number of carbonyl (C=O) groups is 2. The molecular formula is C16H25NO3S. The van der Waals surface area contributed by atoms with Crippen LogP contribution in [0.3, 0.4) is 0 Å². The van der Waals surface area contributed by atoms with Crippen LogP contribution in [0, 0.1) is 18.8 Å². The largest absolute Gasteiger partial charge is 0.481 e. The van der Waals surface area contributed by atoms with Gasteiger partial charge in [0.25, 0.3) is 5.91 Å². The molecule has 1 atom stereocenters. The molecule has 21 heavy (non-hydrogen) atoms. The first kappa shape index (κ1) is 17.7. The molecule has 1 aromatic heterocycles. The minimum absolute atomic E-state index is 0.0156. The number of aliphatic carboxylic acids is 1. The van der Waals surface area contributed by atoms with Crippen molar-refractivity contribution in [2.75, 3.05) is 6.54 Å². The molecule has 0 aliphatic carbocycles. The van der Waals surface area contributed by atoms with Gasteiger partial charge < -0.3 is 10.4 Å². The Bertz CT molecular complexity index is 494. The summed E-state index contributed by atoms with van der Waals surface area (Å²) in [5.41, 5.74) is 1.15. The molecule has 0 fully saturated rings. The second kappa shape index (κ2) is 8.17. The minimum atomic E-state index is -0.810. The molecular weight excluding hydrogens is 286 g/mol. The van der Waals surface area contributed by atoms with Crippen molar-refractivity contribution in [2.45, 2.75) is 47.0 Å². The van der Waals surface area contributed by atoms with Gasteiger partial charge in [0, 0.05) is 17.8 Å². The van der Waals surface area contributed by atoms with Gasteiger partial charge in [-0.15, -0.1) is 11.3 Å². The Morgan fingerprint density at radius 1 is 1.38 bits per heavy atom. The zero-order valence-electron chi connectivity index (χ0n) is 13.2. The summed E-state index contributed by atoms with van der Waals surface area (Å²) in [6.45, 7) is 8.63. The summed E-state index contributed by atoms with van der Waals surface area (Å²) >= 11 is 1.52. The van der Waals surface area contributed by atoms with Crippen molar-refractivity contribution in [3.8, 4) is 0 Å². The van der Waals surface area contributed by atoms with Gasteiger partial charge in [0.05, 0.1) is 4.88 Å². The van der Waals surface area contributed by atoms with Crippen LogP contribution in [0.1, 0.15) is 53.7 Å². The van der Waals surface area contributed by atoms with E-state index in [0.29, 0.717) is 17.3 Å². The number of aryl methyl sites for hydroxylation is 2. The van der Waals surface area contributed by atoms with E-state index < -0.39 is 5.97 Å². The van der Waals surface area contributed by atoms with Gasteiger partial charge in [-0.1, -0.05) is 20.8 Å². The molecule has 1 amide bonds. The summed E-state index contributed by atoms with van der Waals surface area (Å²) in [5.74, 6) is -0.503. The fourth-order valence-corrected chi connectivity index (χ4v) is 3.49. The lowest BCUT2D eigenvalue weighted by atomic mass is 9.94. The van der Waals surface area contributed by atoms with E-state index in [2.05, 4.69) is 26.1 Å². The third-order valence-electron chi connectivity index (χ3n) is 3.38. The van der Waals surface area contributed by atoms with Crippen LogP contribution < -0.4 is 5.32 Å². The highest BCUT2D eigenvalue weighted by Crippen LogP contribution is 2.22. The molecule has 2 N–H and O–H groups in total. The highest BCUT2D eigenvalue weighted by Gasteiger charge is 2.17. The van der Waals surface area contributed by atoms with Crippen molar-refractivity contribution in [1.29, 1.82) is 0 Å². The maximum Gasteiger partial charge on any atom is 0.303 e. The predicted molar refractivity (Wildman–Crippen MR) is 86.0 cm³/mol. The van der Waals surface area contributed by atoms with Crippen LogP contribution in [0.25, 0.3) is 0 Å². The molecule has 0 radical (unpaired) electrons. The number of nitrogens with one attached hydrogen (secondary N) is 1.